The monoisotopic (exact) mass is 335 g/mol. The van der Waals surface area contributed by atoms with Crippen LogP contribution in [-0.4, -0.2) is 25.5 Å². The fraction of sp³-hybridized carbons (Fsp3) is 0.0714. The van der Waals surface area contributed by atoms with E-state index in [0.717, 1.165) is 12.3 Å². The standard InChI is InChI=1S/C14H13N3O5S/c1-23(21,22)16-12-6-3-5-11(9-12)15-14(18)10-4-2-7-13(8-10)17(19)20/h2-9,16H,1H3,(H,15,18). The number of carbonyl (C=O) groups is 1. The maximum Gasteiger partial charge on any atom is 0.270 e. The second-order valence-electron chi connectivity index (χ2n) is 4.72. The Morgan fingerprint density at radius 3 is 2.39 bits per heavy atom. The molecule has 0 bridgehead atoms. The Labute approximate surface area is 132 Å². The highest BCUT2D eigenvalue weighted by Gasteiger charge is 2.12. The van der Waals surface area contributed by atoms with Gasteiger partial charge in [0.05, 0.1) is 16.9 Å². The third-order valence-corrected chi connectivity index (χ3v) is 3.35. The first-order chi connectivity index (χ1) is 10.7. The van der Waals surface area contributed by atoms with Crippen LogP contribution >= 0.6 is 0 Å². The SMILES string of the molecule is CS(=O)(=O)Nc1cccc(NC(=O)c2cccc([N+](=O)[O-])c2)c1. The van der Waals surface area contributed by atoms with Crippen molar-refractivity contribution in [1.29, 1.82) is 0 Å². The van der Waals surface area contributed by atoms with Crippen molar-refractivity contribution in [3.8, 4) is 0 Å². The molecule has 2 aromatic rings. The fourth-order valence-corrected chi connectivity index (χ4v) is 2.39. The molecule has 8 nitrogen and oxygen atoms in total. The van der Waals surface area contributed by atoms with Crippen LogP contribution in [0, 0.1) is 10.1 Å². The number of carbonyl (C=O) groups excluding carboxylic acids is 1. The Morgan fingerprint density at radius 1 is 1.09 bits per heavy atom. The van der Waals surface area contributed by atoms with Crippen molar-refractivity contribution in [2.45, 2.75) is 0 Å². The fourth-order valence-electron chi connectivity index (χ4n) is 1.84. The summed E-state index contributed by atoms with van der Waals surface area (Å²) in [5, 5.41) is 13.3. The van der Waals surface area contributed by atoms with Crippen LogP contribution in [0.15, 0.2) is 48.5 Å². The van der Waals surface area contributed by atoms with Gasteiger partial charge in [-0.1, -0.05) is 12.1 Å². The molecule has 0 spiro atoms. The molecule has 0 saturated heterocycles. The number of hydrogen-bond donors (Lipinski definition) is 2. The van der Waals surface area contributed by atoms with Crippen molar-refractivity contribution in [3.05, 3.63) is 64.2 Å². The number of hydrogen-bond acceptors (Lipinski definition) is 5. The van der Waals surface area contributed by atoms with Gasteiger partial charge in [-0.25, -0.2) is 8.42 Å². The summed E-state index contributed by atoms with van der Waals surface area (Å²) in [6.07, 6.45) is 1.02. The van der Waals surface area contributed by atoms with Gasteiger partial charge in [-0.05, 0) is 24.3 Å². The van der Waals surface area contributed by atoms with E-state index in [1.54, 1.807) is 12.1 Å². The molecule has 2 rings (SSSR count). The number of benzene rings is 2. The number of nitro benzene ring substituents is 1. The summed E-state index contributed by atoms with van der Waals surface area (Å²) in [6.45, 7) is 0. The van der Waals surface area contributed by atoms with Gasteiger partial charge in [0.25, 0.3) is 11.6 Å². The molecule has 9 heteroatoms. The minimum Gasteiger partial charge on any atom is -0.322 e. The lowest BCUT2D eigenvalue weighted by molar-refractivity contribution is -0.384. The summed E-state index contributed by atoms with van der Waals surface area (Å²) < 4.78 is 24.7. The minimum atomic E-state index is -3.43. The van der Waals surface area contributed by atoms with Crippen LogP contribution in [0.4, 0.5) is 17.1 Å². The lowest BCUT2D eigenvalue weighted by Crippen LogP contribution is -2.13. The molecule has 0 unspecified atom stereocenters. The molecule has 0 atom stereocenters. The van der Waals surface area contributed by atoms with Gasteiger partial charge in [-0.15, -0.1) is 0 Å². The van der Waals surface area contributed by atoms with Crippen LogP contribution in [0.25, 0.3) is 0 Å². The summed E-state index contributed by atoms with van der Waals surface area (Å²) >= 11 is 0. The maximum absolute atomic E-state index is 12.1. The zero-order chi connectivity index (χ0) is 17.0. The van der Waals surface area contributed by atoms with Crippen LogP contribution in [0.5, 0.6) is 0 Å². The number of sulfonamides is 1. The second-order valence-corrected chi connectivity index (χ2v) is 6.47. The third-order valence-electron chi connectivity index (χ3n) is 2.74. The summed E-state index contributed by atoms with van der Waals surface area (Å²) in [6, 6.07) is 11.4. The van der Waals surface area contributed by atoms with Crippen molar-refractivity contribution in [2.24, 2.45) is 0 Å². The molecule has 120 valence electrons. The highest BCUT2D eigenvalue weighted by atomic mass is 32.2. The topological polar surface area (TPSA) is 118 Å². The van der Waals surface area contributed by atoms with E-state index < -0.39 is 20.9 Å². The molecule has 2 N–H and O–H groups in total. The molecule has 0 aliphatic heterocycles. The summed E-state index contributed by atoms with van der Waals surface area (Å²) in [5.41, 5.74) is 0.588. The maximum atomic E-state index is 12.1. The van der Waals surface area contributed by atoms with E-state index in [2.05, 4.69) is 10.0 Å². The van der Waals surface area contributed by atoms with Crippen molar-refractivity contribution < 1.29 is 18.1 Å². The first kappa shape index (κ1) is 16.4. The van der Waals surface area contributed by atoms with E-state index in [4.69, 9.17) is 0 Å². The molecular formula is C14H13N3O5S. The highest BCUT2D eigenvalue weighted by molar-refractivity contribution is 7.92. The van der Waals surface area contributed by atoms with Gasteiger partial charge in [-0.3, -0.25) is 19.6 Å². The summed E-state index contributed by atoms with van der Waals surface area (Å²) in [4.78, 5) is 22.2. The van der Waals surface area contributed by atoms with Crippen molar-refractivity contribution >= 4 is 33.0 Å². The number of rotatable bonds is 5. The van der Waals surface area contributed by atoms with Crippen LogP contribution in [-0.2, 0) is 10.0 Å². The number of nitro groups is 1. The minimum absolute atomic E-state index is 0.126. The number of nitrogens with one attached hydrogen (secondary N) is 2. The van der Waals surface area contributed by atoms with E-state index in [1.807, 2.05) is 0 Å². The van der Waals surface area contributed by atoms with Crippen molar-refractivity contribution in [2.75, 3.05) is 16.3 Å². The zero-order valence-electron chi connectivity index (χ0n) is 12.0. The molecule has 2 aromatic carbocycles. The number of amides is 1. The molecule has 1 amide bonds. The van der Waals surface area contributed by atoms with Crippen LogP contribution < -0.4 is 10.0 Å². The lowest BCUT2D eigenvalue weighted by atomic mass is 10.2. The highest BCUT2D eigenvalue weighted by Crippen LogP contribution is 2.18. The van der Waals surface area contributed by atoms with E-state index in [-0.39, 0.29) is 11.3 Å². The van der Waals surface area contributed by atoms with E-state index in [9.17, 15) is 23.3 Å². The zero-order valence-corrected chi connectivity index (χ0v) is 12.8. The predicted molar refractivity (Wildman–Crippen MR) is 86.0 cm³/mol. The molecule has 0 heterocycles. The average Bonchev–Trinajstić information content (AvgIpc) is 2.46. The number of anilines is 2. The molecule has 0 aliphatic carbocycles. The molecule has 23 heavy (non-hydrogen) atoms. The number of nitrogens with zero attached hydrogens (tertiary/aromatic N) is 1. The molecular weight excluding hydrogens is 322 g/mol. The first-order valence-electron chi connectivity index (χ1n) is 6.38. The Balaban J connectivity index is 2.19. The normalized spacial score (nSPS) is 10.8. The molecule has 0 fully saturated rings. The van der Waals surface area contributed by atoms with Gasteiger partial charge < -0.3 is 5.32 Å². The van der Waals surface area contributed by atoms with Gasteiger partial charge >= 0.3 is 0 Å². The Morgan fingerprint density at radius 2 is 1.74 bits per heavy atom. The van der Waals surface area contributed by atoms with Crippen LogP contribution in [0.2, 0.25) is 0 Å². The van der Waals surface area contributed by atoms with Gasteiger partial charge in [-0.2, -0.15) is 0 Å². The smallest absolute Gasteiger partial charge is 0.270 e. The van der Waals surface area contributed by atoms with Gasteiger partial charge in [0.1, 0.15) is 0 Å². The Bertz CT molecular complexity index is 864. The summed E-state index contributed by atoms with van der Waals surface area (Å²) in [5.74, 6) is -0.537. The Kier molecular flexibility index (Phi) is 4.60. The van der Waals surface area contributed by atoms with Gasteiger partial charge in [0.15, 0.2) is 0 Å². The summed E-state index contributed by atoms with van der Waals surface area (Å²) in [7, 11) is -3.43. The largest absolute Gasteiger partial charge is 0.322 e. The first-order valence-corrected chi connectivity index (χ1v) is 8.27. The third kappa shape index (κ3) is 4.78. The van der Waals surface area contributed by atoms with Crippen LogP contribution in [0.3, 0.4) is 0 Å². The quantitative estimate of drug-likeness (QED) is 0.641. The van der Waals surface area contributed by atoms with E-state index in [0.29, 0.717) is 11.4 Å². The molecule has 0 radical (unpaired) electrons. The molecule has 0 saturated carbocycles. The van der Waals surface area contributed by atoms with Gasteiger partial charge in [0, 0.05) is 23.4 Å². The Hall–Kier alpha value is -2.94. The van der Waals surface area contributed by atoms with Gasteiger partial charge in [0.2, 0.25) is 10.0 Å². The average molecular weight is 335 g/mol. The predicted octanol–water partition coefficient (Wildman–Crippen LogP) is 2.22. The second kappa shape index (κ2) is 6.44. The van der Waals surface area contributed by atoms with Crippen molar-refractivity contribution in [1.82, 2.24) is 0 Å². The molecule has 0 aromatic heterocycles. The number of non-ortho nitro benzene ring substituents is 1. The lowest BCUT2D eigenvalue weighted by Gasteiger charge is -2.08. The van der Waals surface area contributed by atoms with Crippen molar-refractivity contribution in [3.63, 3.8) is 0 Å². The van der Waals surface area contributed by atoms with E-state index >= 15 is 0 Å². The molecule has 0 aliphatic rings. The van der Waals surface area contributed by atoms with E-state index in [1.165, 1.54) is 30.3 Å². The van der Waals surface area contributed by atoms with Crippen LogP contribution in [0.1, 0.15) is 10.4 Å².